The van der Waals surface area contributed by atoms with Crippen molar-refractivity contribution in [3.05, 3.63) is 29.3 Å². The predicted octanol–water partition coefficient (Wildman–Crippen LogP) is 2.26. The third-order valence-corrected chi connectivity index (χ3v) is 3.36. The third kappa shape index (κ3) is 1.95. The zero-order chi connectivity index (χ0) is 14.5. The van der Waals surface area contributed by atoms with Crippen LogP contribution in [0.5, 0.6) is 0 Å². The molecule has 0 bridgehead atoms. The molecule has 1 fully saturated rings. The molecule has 1 aromatic carbocycles. The van der Waals surface area contributed by atoms with Gasteiger partial charge in [-0.2, -0.15) is 13.2 Å². The minimum absolute atomic E-state index is 0.127. The Labute approximate surface area is 112 Å². The summed E-state index contributed by atoms with van der Waals surface area (Å²) in [6.07, 6.45) is -2.83. The van der Waals surface area contributed by atoms with Crippen molar-refractivity contribution >= 4 is 11.6 Å². The van der Waals surface area contributed by atoms with Gasteiger partial charge in [0.1, 0.15) is 0 Å². The van der Waals surface area contributed by atoms with Gasteiger partial charge in [0.25, 0.3) is 5.91 Å². The van der Waals surface area contributed by atoms with Crippen molar-refractivity contribution in [1.29, 1.82) is 0 Å². The van der Waals surface area contributed by atoms with Gasteiger partial charge in [-0.1, -0.05) is 24.0 Å². The van der Waals surface area contributed by atoms with Gasteiger partial charge in [0.05, 0.1) is 11.3 Å². The lowest BCUT2D eigenvalue weighted by Gasteiger charge is -2.14. The fraction of sp³-hybridized carbons (Fsp3) is 0.357. The molecule has 0 spiro atoms. The molecule has 1 unspecified atom stereocenters. The van der Waals surface area contributed by atoms with E-state index in [9.17, 15) is 23.1 Å². The van der Waals surface area contributed by atoms with Crippen LogP contribution in [0.1, 0.15) is 24.0 Å². The second kappa shape index (κ2) is 4.00. The van der Waals surface area contributed by atoms with Gasteiger partial charge < -0.3 is 10.4 Å². The average Bonchev–Trinajstić information content (AvgIpc) is 3.15. The zero-order valence-electron chi connectivity index (χ0n) is 10.2. The Kier molecular flexibility index (Phi) is 2.60. The molecule has 0 radical (unpaired) electrons. The average molecular weight is 281 g/mol. The molecule has 0 aromatic heterocycles. The second-order valence-corrected chi connectivity index (χ2v) is 4.93. The lowest BCUT2D eigenvalue weighted by molar-refractivity contribution is -0.136. The molecule has 20 heavy (non-hydrogen) atoms. The molecule has 3 nitrogen and oxygen atoms in total. The topological polar surface area (TPSA) is 49.3 Å². The molecule has 1 saturated carbocycles. The Morgan fingerprint density at radius 2 is 2.05 bits per heavy atom. The molecule has 1 heterocycles. The van der Waals surface area contributed by atoms with Crippen LogP contribution in [0.15, 0.2) is 18.2 Å². The van der Waals surface area contributed by atoms with Crippen molar-refractivity contribution < 1.29 is 23.1 Å². The number of alkyl halides is 3. The molecule has 104 valence electrons. The van der Waals surface area contributed by atoms with E-state index in [-0.39, 0.29) is 11.5 Å². The van der Waals surface area contributed by atoms with Gasteiger partial charge in [0, 0.05) is 11.5 Å². The normalized spacial score (nSPS) is 24.7. The van der Waals surface area contributed by atoms with E-state index < -0.39 is 28.9 Å². The van der Waals surface area contributed by atoms with E-state index in [1.165, 1.54) is 6.07 Å². The van der Waals surface area contributed by atoms with Crippen LogP contribution in [0.25, 0.3) is 0 Å². The quantitative estimate of drug-likeness (QED) is 0.717. The number of carbonyl (C=O) groups excluding carboxylic acids is 1. The Hall–Kier alpha value is -2.00. The highest BCUT2D eigenvalue weighted by Crippen LogP contribution is 2.44. The monoisotopic (exact) mass is 281 g/mol. The SMILES string of the molecule is O=C1Nc2c(C(F)(F)F)cccc2C1(O)C#CC1CC1. The summed E-state index contributed by atoms with van der Waals surface area (Å²) in [4.78, 5) is 11.8. The number of anilines is 1. The number of para-hydroxylation sites is 1. The maximum absolute atomic E-state index is 12.9. The van der Waals surface area contributed by atoms with Crippen molar-refractivity contribution in [2.24, 2.45) is 5.92 Å². The largest absolute Gasteiger partial charge is 0.418 e. The molecule has 1 aromatic rings. The number of hydrogen-bond donors (Lipinski definition) is 2. The minimum Gasteiger partial charge on any atom is -0.366 e. The fourth-order valence-corrected chi connectivity index (χ4v) is 2.11. The van der Waals surface area contributed by atoms with Crippen LogP contribution in [0.3, 0.4) is 0 Å². The maximum Gasteiger partial charge on any atom is 0.418 e. The van der Waals surface area contributed by atoms with Crippen LogP contribution in [0, 0.1) is 17.8 Å². The number of benzene rings is 1. The molecule has 1 atom stereocenters. The molecule has 1 aliphatic heterocycles. The zero-order valence-corrected chi connectivity index (χ0v) is 10.2. The summed E-state index contributed by atoms with van der Waals surface area (Å²) in [7, 11) is 0. The maximum atomic E-state index is 12.9. The molecule has 6 heteroatoms. The van der Waals surface area contributed by atoms with Gasteiger partial charge in [0.2, 0.25) is 5.60 Å². The van der Waals surface area contributed by atoms with Crippen LogP contribution in [0.2, 0.25) is 0 Å². The molecule has 3 rings (SSSR count). The van der Waals surface area contributed by atoms with E-state index >= 15 is 0 Å². The van der Waals surface area contributed by atoms with E-state index in [1.807, 2.05) is 0 Å². The Bertz CT molecular complexity index is 653. The summed E-state index contributed by atoms with van der Waals surface area (Å²) in [5, 5.41) is 12.4. The Morgan fingerprint density at radius 3 is 2.65 bits per heavy atom. The summed E-state index contributed by atoms with van der Waals surface area (Å²) in [5.41, 5.74) is -3.71. The molecule has 2 aliphatic rings. The van der Waals surface area contributed by atoms with Crippen LogP contribution >= 0.6 is 0 Å². The van der Waals surface area contributed by atoms with Crippen LogP contribution < -0.4 is 5.32 Å². The van der Waals surface area contributed by atoms with E-state index in [0.29, 0.717) is 0 Å². The Balaban J connectivity index is 2.12. The van der Waals surface area contributed by atoms with Crippen LogP contribution in [-0.2, 0) is 16.6 Å². The van der Waals surface area contributed by atoms with E-state index in [4.69, 9.17) is 0 Å². The molecular weight excluding hydrogens is 271 g/mol. The van der Waals surface area contributed by atoms with Gasteiger partial charge in [-0.3, -0.25) is 4.79 Å². The molecular formula is C14H10F3NO2. The third-order valence-electron chi connectivity index (χ3n) is 3.36. The molecule has 0 saturated heterocycles. The number of halogens is 3. The van der Waals surface area contributed by atoms with Crippen molar-refractivity contribution in [3.8, 4) is 11.8 Å². The summed E-state index contributed by atoms with van der Waals surface area (Å²) in [6, 6.07) is 3.30. The number of nitrogens with one attached hydrogen (secondary N) is 1. The summed E-state index contributed by atoms with van der Waals surface area (Å²) in [6.45, 7) is 0. The second-order valence-electron chi connectivity index (χ2n) is 4.93. The van der Waals surface area contributed by atoms with E-state index in [0.717, 1.165) is 25.0 Å². The molecule has 1 amide bonds. The summed E-state index contributed by atoms with van der Waals surface area (Å²) < 4.78 is 38.6. The first kappa shape index (κ1) is 13.0. The van der Waals surface area contributed by atoms with Crippen molar-refractivity contribution in [2.75, 3.05) is 5.32 Å². The highest BCUT2D eigenvalue weighted by molar-refractivity contribution is 6.08. The number of aliphatic hydroxyl groups is 1. The highest BCUT2D eigenvalue weighted by atomic mass is 19.4. The first-order valence-electron chi connectivity index (χ1n) is 6.09. The number of amides is 1. The lowest BCUT2D eigenvalue weighted by atomic mass is 9.94. The number of rotatable bonds is 0. The van der Waals surface area contributed by atoms with E-state index in [1.54, 1.807) is 0 Å². The van der Waals surface area contributed by atoms with E-state index in [2.05, 4.69) is 17.2 Å². The summed E-state index contributed by atoms with van der Waals surface area (Å²) >= 11 is 0. The van der Waals surface area contributed by atoms with Gasteiger partial charge >= 0.3 is 6.18 Å². The predicted molar refractivity (Wildman–Crippen MR) is 64.5 cm³/mol. The number of fused-ring (bicyclic) bond motifs is 1. The van der Waals surface area contributed by atoms with Gasteiger partial charge in [-0.05, 0) is 18.9 Å². The molecule has 2 N–H and O–H groups in total. The first-order valence-corrected chi connectivity index (χ1v) is 6.09. The van der Waals surface area contributed by atoms with Gasteiger partial charge in [0.15, 0.2) is 0 Å². The van der Waals surface area contributed by atoms with Gasteiger partial charge in [-0.15, -0.1) is 0 Å². The fourth-order valence-electron chi connectivity index (χ4n) is 2.11. The Morgan fingerprint density at radius 1 is 1.35 bits per heavy atom. The lowest BCUT2D eigenvalue weighted by Crippen LogP contribution is -2.32. The smallest absolute Gasteiger partial charge is 0.366 e. The van der Waals surface area contributed by atoms with Crippen molar-refractivity contribution in [3.63, 3.8) is 0 Å². The highest BCUT2D eigenvalue weighted by Gasteiger charge is 2.48. The number of hydrogen-bond acceptors (Lipinski definition) is 2. The minimum atomic E-state index is -4.60. The number of carbonyl (C=O) groups is 1. The van der Waals surface area contributed by atoms with Gasteiger partial charge in [-0.25, -0.2) is 0 Å². The van der Waals surface area contributed by atoms with Crippen molar-refractivity contribution in [1.82, 2.24) is 0 Å². The molecule has 1 aliphatic carbocycles. The summed E-state index contributed by atoms with van der Waals surface area (Å²) in [5.74, 6) is 4.35. The van der Waals surface area contributed by atoms with Crippen molar-refractivity contribution in [2.45, 2.75) is 24.6 Å². The standard InChI is InChI=1S/C14H10F3NO2/c15-14(16,17)10-3-1-2-9-11(10)18-12(19)13(9,20)7-6-8-4-5-8/h1-3,8,20H,4-5H2,(H,18,19). The van der Waals surface area contributed by atoms with Crippen LogP contribution in [-0.4, -0.2) is 11.0 Å². The van der Waals surface area contributed by atoms with Crippen LogP contribution in [0.4, 0.5) is 18.9 Å². The first-order chi connectivity index (χ1) is 9.32.